The van der Waals surface area contributed by atoms with E-state index in [-0.39, 0.29) is 23.7 Å². The van der Waals surface area contributed by atoms with Gasteiger partial charge in [-0.1, -0.05) is 17.7 Å². The van der Waals surface area contributed by atoms with Gasteiger partial charge in [-0.25, -0.2) is 4.39 Å². The fourth-order valence-corrected chi connectivity index (χ4v) is 6.83. The molecule has 1 N–H and O–H groups in total. The maximum atomic E-state index is 14.2. The number of rotatable bonds is 9. The first kappa shape index (κ1) is 28.2. The Morgan fingerprint density at radius 2 is 1.93 bits per heavy atom. The molecule has 0 atom stereocenters. The second-order valence-corrected chi connectivity index (χ2v) is 12.0. The second-order valence-electron chi connectivity index (χ2n) is 11.6. The number of hydrogen-bond acceptors (Lipinski definition) is 6. The number of carbonyl (C=O) groups is 2. The lowest BCUT2D eigenvalue weighted by Crippen LogP contribution is -2.56. The Balaban J connectivity index is 1.12. The third-order valence-corrected chi connectivity index (χ3v) is 8.73. The van der Waals surface area contributed by atoms with Crippen LogP contribution in [0.3, 0.4) is 0 Å². The molecule has 2 fully saturated rings. The lowest BCUT2D eigenvalue weighted by Gasteiger charge is -2.58. The van der Waals surface area contributed by atoms with Gasteiger partial charge in [0.2, 0.25) is 0 Å². The number of methoxy groups -OCH3 is 1. The number of esters is 1. The highest BCUT2D eigenvalue weighted by atomic mass is 35.5. The molecule has 0 radical (unpaired) electrons. The summed E-state index contributed by atoms with van der Waals surface area (Å²) < 4.78 is 26.0. The van der Waals surface area contributed by atoms with Crippen molar-refractivity contribution in [1.29, 1.82) is 0 Å². The zero-order chi connectivity index (χ0) is 29.4. The van der Waals surface area contributed by atoms with Crippen LogP contribution in [-0.4, -0.2) is 46.4 Å². The number of hydrogen-bond donors (Lipinski definition) is 1. The van der Waals surface area contributed by atoms with Gasteiger partial charge in [-0.3, -0.25) is 19.3 Å². The van der Waals surface area contributed by atoms with E-state index in [1.54, 1.807) is 41.3 Å². The number of nitrogens with one attached hydrogen (secondary N) is 1. The van der Waals surface area contributed by atoms with Crippen LogP contribution in [0.1, 0.15) is 54.9 Å². The van der Waals surface area contributed by atoms with E-state index in [2.05, 4.69) is 15.4 Å². The van der Waals surface area contributed by atoms with Gasteiger partial charge in [-0.2, -0.15) is 5.10 Å². The predicted molar refractivity (Wildman–Crippen MR) is 157 cm³/mol. The van der Waals surface area contributed by atoms with Gasteiger partial charge in [-0.15, -0.1) is 0 Å². The van der Waals surface area contributed by atoms with Crippen LogP contribution in [0.5, 0.6) is 5.75 Å². The number of amides is 1. The summed E-state index contributed by atoms with van der Waals surface area (Å²) in [5.41, 5.74) is 3.67. The van der Waals surface area contributed by atoms with Crippen LogP contribution >= 0.6 is 11.6 Å². The Kier molecular flexibility index (Phi) is 7.62. The Labute approximate surface area is 248 Å². The van der Waals surface area contributed by atoms with Crippen molar-refractivity contribution in [3.63, 3.8) is 0 Å². The van der Waals surface area contributed by atoms with E-state index in [1.807, 2.05) is 12.1 Å². The first-order chi connectivity index (χ1) is 20.2. The average molecular weight is 591 g/mol. The summed E-state index contributed by atoms with van der Waals surface area (Å²) in [6, 6.07) is 12.1. The van der Waals surface area contributed by atoms with Gasteiger partial charge in [0.25, 0.3) is 5.91 Å². The quantitative estimate of drug-likeness (QED) is 0.234. The van der Waals surface area contributed by atoms with E-state index in [0.29, 0.717) is 51.8 Å². The molecule has 1 amide bonds. The van der Waals surface area contributed by atoms with Crippen molar-refractivity contribution in [2.24, 2.45) is 11.3 Å². The molecule has 2 heterocycles. The summed E-state index contributed by atoms with van der Waals surface area (Å²) in [4.78, 5) is 29.0. The molecule has 0 saturated heterocycles. The fraction of sp³-hybridized carbons (Fsp3) is 0.375. The van der Waals surface area contributed by atoms with Gasteiger partial charge in [0.15, 0.2) is 11.6 Å². The predicted octanol–water partition coefficient (Wildman–Crippen LogP) is 6.19. The van der Waals surface area contributed by atoms with Crippen molar-refractivity contribution in [3.8, 4) is 17.0 Å². The van der Waals surface area contributed by atoms with Crippen LogP contribution in [0.25, 0.3) is 22.2 Å². The summed E-state index contributed by atoms with van der Waals surface area (Å²) in [5, 5.41) is 9.01. The molecule has 2 aromatic carbocycles. The lowest BCUT2D eigenvalue weighted by molar-refractivity contribution is -0.142. The minimum Gasteiger partial charge on any atom is -0.494 e. The van der Waals surface area contributed by atoms with Gasteiger partial charge in [0.1, 0.15) is 0 Å². The SMILES string of the molecule is COc1ccc(-c2ccc(Cn3ncc4cc(Cl)cc(C(=O)NC5CC6(CC(CCOC(C)=O)C6)C5)c43)cn2)cc1F. The highest BCUT2D eigenvalue weighted by Gasteiger charge is 2.52. The van der Waals surface area contributed by atoms with E-state index in [9.17, 15) is 14.0 Å². The largest absolute Gasteiger partial charge is 0.494 e. The molecule has 0 bridgehead atoms. The van der Waals surface area contributed by atoms with E-state index >= 15 is 0 Å². The van der Waals surface area contributed by atoms with E-state index < -0.39 is 5.82 Å². The first-order valence-electron chi connectivity index (χ1n) is 14.1. The van der Waals surface area contributed by atoms with Crippen LogP contribution in [0, 0.1) is 17.2 Å². The van der Waals surface area contributed by atoms with Crippen molar-refractivity contribution in [2.75, 3.05) is 13.7 Å². The summed E-state index contributed by atoms with van der Waals surface area (Å²) in [6.45, 7) is 2.32. The Morgan fingerprint density at radius 1 is 1.12 bits per heavy atom. The summed E-state index contributed by atoms with van der Waals surface area (Å²) in [7, 11) is 1.43. The molecule has 0 aliphatic heterocycles. The number of aromatic nitrogens is 3. The topological polar surface area (TPSA) is 95.3 Å². The zero-order valence-electron chi connectivity index (χ0n) is 23.5. The molecule has 1 spiro atoms. The van der Waals surface area contributed by atoms with Crippen molar-refractivity contribution in [2.45, 2.75) is 51.6 Å². The van der Waals surface area contributed by atoms with E-state index in [0.717, 1.165) is 43.1 Å². The van der Waals surface area contributed by atoms with Crippen LogP contribution < -0.4 is 10.1 Å². The highest BCUT2D eigenvalue weighted by Crippen LogP contribution is 2.59. The molecule has 8 nitrogen and oxygen atoms in total. The maximum absolute atomic E-state index is 14.2. The van der Waals surface area contributed by atoms with Gasteiger partial charge in [0, 0.05) is 35.1 Å². The third-order valence-electron chi connectivity index (χ3n) is 8.52. The molecule has 2 saturated carbocycles. The van der Waals surface area contributed by atoms with Crippen molar-refractivity contribution in [1.82, 2.24) is 20.1 Å². The molecule has 218 valence electrons. The number of carbonyl (C=O) groups excluding carboxylic acids is 2. The molecule has 4 aromatic rings. The van der Waals surface area contributed by atoms with Crippen molar-refractivity contribution >= 4 is 34.4 Å². The normalized spacial score (nSPS) is 21.0. The fourth-order valence-electron chi connectivity index (χ4n) is 6.60. The molecule has 2 aromatic heterocycles. The number of halogens is 2. The number of nitrogens with zero attached hydrogens (tertiary/aromatic N) is 3. The van der Waals surface area contributed by atoms with Crippen LogP contribution in [-0.2, 0) is 16.1 Å². The standard InChI is InChI=1S/C32H32ClFN4O4/c1-19(39)42-8-7-20-12-32(13-20)14-25(15-32)37-31(40)26-11-24(33)9-23-17-36-38(30(23)26)18-21-3-5-28(35-16-21)22-4-6-29(41-2)27(34)10-22/h3-6,9-11,16-17,20,25H,7-8,12-15,18H2,1-2H3,(H,37,40). The Morgan fingerprint density at radius 3 is 2.62 bits per heavy atom. The van der Waals surface area contributed by atoms with E-state index in [1.165, 1.54) is 20.1 Å². The molecule has 2 aliphatic carbocycles. The molecule has 10 heteroatoms. The average Bonchev–Trinajstić information content (AvgIpc) is 3.32. The van der Waals surface area contributed by atoms with Gasteiger partial charge >= 0.3 is 5.97 Å². The molecule has 6 rings (SSSR count). The number of ether oxygens (including phenoxy) is 2. The third kappa shape index (κ3) is 5.70. The van der Waals surface area contributed by atoms with Crippen LogP contribution in [0.4, 0.5) is 4.39 Å². The molecular formula is C32H32ClFN4O4. The monoisotopic (exact) mass is 590 g/mol. The smallest absolute Gasteiger partial charge is 0.302 e. The zero-order valence-corrected chi connectivity index (χ0v) is 24.3. The second kappa shape index (κ2) is 11.4. The lowest BCUT2D eigenvalue weighted by atomic mass is 9.49. The van der Waals surface area contributed by atoms with Gasteiger partial charge < -0.3 is 14.8 Å². The highest BCUT2D eigenvalue weighted by molar-refractivity contribution is 6.32. The Hall–Kier alpha value is -3.98. The molecule has 0 unspecified atom stereocenters. The minimum absolute atomic E-state index is 0.122. The summed E-state index contributed by atoms with van der Waals surface area (Å²) >= 11 is 6.39. The maximum Gasteiger partial charge on any atom is 0.302 e. The number of fused-ring (bicyclic) bond motifs is 1. The number of pyridine rings is 1. The molecule has 2 aliphatic rings. The molecular weight excluding hydrogens is 559 g/mol. The summed E-state index contributed by atoms with van der Waals surface area (Å²) in [5.74, 6) is -0.0707. The number of benzene rings is 2. The van der Waals surface area contributed by atoms with Gasteiger partial charge in [0.05, 0.1) is 43.2 Å². The minimum atomic E-state index is -0.446. The Bertz CT molecular complexity index is 1640. The van der Waals surface area contributed by atoms with E-state index in [4.69, 9.17) is 21.1 Å². The first-order valence-corrected chi connectivity index (χ1v) is 14.5. The van der Waals surface area contributed by atoms with Crippen molar-refractivity contribution in [3.05, 3.63) is 76.8 Å². The molecule has 42 heavy (non-hydrogen) atoms. The summed E-state index contributed by atoms with van der Waals surface area (Å²) in [6.07, 6.45) is 8.50. The van der Waals surface area contributed by atoms with Crippen LogP contribution in [0.15, 0.2) is 54.9 Å². The van der Waals surface area contributed by atoms with Crippen molar-refractivity contribution < 1.29 is 23.5 Å². The van der Waals surface area contributed by atoms with Gasteiger partial charge in [-0.05, 0) is 85.4 Å². The van der Waals surface area contributed by atoms with Crippen LogP contribution in [0.2, 0.25) is 5.02 Å².